The molecule has 1 amide bonds. The van der Waals surface area contributed by atoms with Gasteiger partial charge >= 0.3 is 23.9 Å². The number of aromatic nitrogens is 1. The van der Waals surface area contributed by atoms with Gasteiger partial charge in [0.25, 0.3) is 11.5 Å². The number of Topliss-reactive ketones (excluding diaryl/α,β-unsaturated/α-hetero) is 1. The molecule has 1 aliphatic rings. The molecule has 0 aliphatic carbocycles. The molecule has 0 radical (unpaired) electrons. The zero-order valence-corrected chi connectivity index (χ0v) is 43.4. The fourth-order valence-corrected chi connectivity index (χ4v) is 7.32. The molecule has 1 unspecified atom stereocenters. The van der Waals surface area contributed by atoms with Gasteiger partial charge in [0.05, 0.1) is 19.6 Å². The van der Waals surface area contributed by atoms with Crippen molar-refractivity contribution in [2.45, 2.75) is 144 Å². The molecule has 0 saturated carbocycles. The first-order valence-electron chi connectivity index (χ1n) is 24.0. The van der Waals surface area contributed by atoms with Crippen LogP contribution < -0.4 is 15.7 Å². The number of rotatable bonds is 19. The first kappa shape index (κ1) is 58.1. The van der Waals surface area contributed by atoms with E-state index in [2.05, 4.69) is 5.32 Å². The number of nitrogens with zero attached hydrogens (tertiary/aromatic N) is 5. The largest absolute Gasteiger partial charge is 0.459 e. The van der Waals surface area contributed by atoms with Crippen molar-refractivity contribution < 1.29 is 52.6 Å². The predicted octanol–water partition coefficient (Wildman–Crippen LogP) is 4.29. The number of hydrogen-bond acceptors (Lipinski definition) is 16. The highest BCUT2D eigenvalue weighted by Gasteiger charge is 2.33. The number of amides is 1. The van der Waals surface area contributed by atoms with E-state index in [4.69, 9.17) is 23.8 Å². The molecule has 1 aliphatic heterocycles. The standard InChI is InChI=1S/C51H80N6O12/c1-48(2,3)66-43(60)34-53-26-28-54(35-44(61)67-49(4,5)6)30-32-56(33-31-55(29-27-53)36-45(62)68-50(7,8)9)41(47(64)69-51(10,11)12)24-23-39(58)20-17-25-52-46(63)40-21-16-22-42(59)57(40)65-37-38-18-14-13-15-19-38/h13-16,18-19,21-22,41H,17,20,23-37H2,1-12H3,(H,52,63). The lowest BCUT2D eigenvalue weighted by atomic mass is 10.0. The molecular formula is C51H80N6O12. The third kappa shape index (κ3) is 24.3. The Morgan fingerprint density at radius 3 is 1.46 bits per heavy atom. The average molecular weight is 969 g/mol. The van der Waals surface area contributed by atoms with Crippen LogP contribution in [0.1, 0.15) is 125 Å². The van der Waals surface area contributed by atoms with Gasteiger partial charge in [0.2, 0.25) is 0 Å². The van der Waals surface area contributed by atoms with Gasteiger partial charge in [-0.25, -0.2) is 0 Å². The van der Waals surface area contributed by atoms with E-state index in [1.165, 1.54) is 18.2 Å². The molecule has 69 heavy (non-hydrogen) atoms. The van der Waals surface area contributed by atoms with Gasteiger partial charge in [0, 0.05) is 77.8 Å². The molecule has 0 bridgehead atoms. The van der Waals surface area contributed by atoms with Crippen LogP contribution in [-0.4, -0.2) is 167 Å². The minimum absolute atomic E-state index is 0.00941. The van der Waals surface area contributed by atoms with Crippen LogP contribution in [0.4, 0.5) is 0 Å². The minimum Gasteiger partial charge on any atom is -0.459 e. The molecule has 2 heterocycles. The average Bonchev–Trinajstić information content (AvgIpc) is 3.20. The number of carbonyl (C=O) groups is 6. The molecular weight excluding hydrogens is 889 g/mol. The number of ketones is 1. The van der Waals surface area contributed by atoms with E-state index in [0.717, 1.165) is 10.3 Å². The number of carbonyl (C=O) groups excluding carboxylic acids is 6. The maximum atomic E-state index is 14.2. The SMILES string of the molecule is CC(C)(C)OC(=O)CN1CCN(CC(=O)OC(C)(C)C)CCN(C(CCC(=O)CCCNC(=O)c2cccc(=O)n2OCc2ccccc2)C(=O)OC(C)(C)C)CCN(CC(=O)OC(C)(C)C)CC1. The van der Waals surface area contributed by atoms with E-state index < -0.39 is 63.8 Å². The van der Waals surface area contributed by atoms with Crippen molar-refractivity contribution in [3.63, 3.8) is 0 Å². The topological polar surface area (TPSA) is 196 Å². The smallest absolute Gasteiger partial charge is 0.323 e. The van der Waals surface area contributed by atoms with Crippen LogP contribution in [0.5, 0.6) is 0 Å². The van der Waals surface area contributed by atoms with Crippen molar-refractivity contribution in [2.75, 3.05) is 78.5 Å². The Hall–Kier alpha value is -5.17. The van der Waals surface area contributed by atoms with Crippen LogP contribution in [0.3, 0.4) is 0 Å². The zero-order chi connectivity index (χ0) is 51.6. The fourth-order valence-electron chi connectivity index (χ4n) is 7.32. The number of esters is 4. The zero-order valence-electron chi connectivity index (χ0n) is 43.4. The number of benzene rings is 1. The van der Waals surface area contributed by atoms with Crippen molar-refractivity contribution in [3.05, 3.63) is 70.1 Å². The number of pyridine rings is 1. The van der Waals surface area contributed by atoms with Crippen LogP contribution in [0, 0.1) is 0 Å². The summed E-state index contributed by atoms with van der Waals surface area (Å²) in [4.78, 5) is 107. The summed E-state index contributed by atoms with van der Waals surface area (Å²) >= 11 is 0. The van der Waals surface area contributed by atoms with Gasteiger partial charge in [-0.1, -0.05) is 36.4 Å². The third-order valence-corrected chi connectivity index (χ3v) is 10.3. The van der Waals surface area contributed by atoms with Crippen molar-refractivity contribution in [1.82, 2.24) is 29.6 Å². The first-order chi connectivity index (χ1) is 32.1. The van der Waals surface area contributed by atoms with Crippen LogP contribution in [0.15, 0.2) is 53.3 Å². The summed E-state index contributed by atoms with van der Waals surface area (Å²) in [7, 11) is 0. The van der Waals surface area contributed by atoms with Crippen LogP contribution in [0.25, 0.3) is 0 Å². The molecule has 386 valence electrons. The molecule has 0 spiro atoms. The summed E-state index contributed by atoms with van der Waals surface area (Å²) in [5.41, 5.74) is -2.65. The highest BCUT2D eigenvalue weighted by molar-refractivity contribution is 5.92. The first-order valence-corrected chi connectivity index (χ1v) is 24.0. The summed E-state index contributed by atoms with van der Waals surface area (Å²) in [5, 5.41) is 2.78. The number of nitrogens with one attached hydrogen (secondary N) is 1. The number of ether oxygens (including phenoxy) is 4. The third-order valence-electron chi connectivity index (χ3n) is 10.3. The van der Waals surface area contributed by atoms with Crippen molar-refractivity contribution in [1.29, 1.82) is 0 Å². The summed E-state index contributed by atoms with van der Waals surface area (Å²) in [6.45, 7) is 24.3. The summed E-state index contributed by atoms with van der Waals surface area (Å²) in [6, 6.07) is 12.6. The van der Waals surface area contributed by atoms with E-state index in [-0.39, 0.29) is 76.6 Å². The Bertz CT molecular complexity index is 2000. The van der Waals surface area contributed by atoms with Gasteiger partial charge < -0.3 is 29.1 Å². The van der Waals surface area contributed by atoms with Crippen molar-refractivity contribution >= 4 is 35.6 Å². The quantitative estimate of drug-likeness (QED) is 0.119. The van der Waals surface area contributed by atoms with E-state index in [0.29, 0.717) is 45.7 Å². The Morgan fingerprint density at radius 1 is 0.565 bits per heavy atom. The van der Waals surface area contributed by atoms with Gasteiger partial charge in [-0.15, -0.1) is 4.73 Å². The Balaban J connectivity index is 1.83. The molecule has 1 fully saturated rings. The summed E-state index contributed by atoms with van der Waals surface area (Å²) in [6.07, 6.45) is 0.567. The summed E-state index contributed by atoms with van der Waals surface area (Å²) < 4.78 is 24.0. The molecule has 1 atom stereocenters. The monoisotopic (exact) mass is 969 g/mol. The maximum Gasteiger partial charge on any atom is 0.323 e. The van der Waals surface area contributed by atoms with E-state index in [1.54, 1.807) is 83.1 Å². The second-order valence-corrected chi connectivity index (χ2v) is 21.4. The predicted molar refractivity (Wildman–Crippen MR) is 261 cm³/mol. The maximum absolute atomic E-state index is 14.2. The molecule has 18 heteroatoms. The van der Waals surface area contributed by atoms with Crippen LogP contribution >= 0.6 is 0 Å². The lowest BCUT2D eigenvalue weighted by Crippen LogP contribution is -2.53. The van der Waals surface area contributed by atoms with Crippen LogP contribution in [-0.2, 0) is 49.5 Å². The second kappa shape index (κ2) is 26.7. The fraction of sp³-hybridized carbons (Fsp3) is 0.667. The Morgan fingerprint density at radius 2 is 1.01 bits per heavy atom. The highest BCUT2D eigenvalue weighted by atomic mass is 16.7. The minimum atomic E-state index is -0.878. The van der Waals surface area contributed by atoms with Gasteiger partial charge in [0.15, 0.2) is 0 Å². The Kier molecular flexibility index (Phi) is 22.5. The number of hydrogen-bond donors (Lipinski definition) is 1. The summed E-state index contributed by atoms with van der Waals surface area (Å²) in [5.74, 6) is -2.43. The molecule has 18 nitrogen and oxygen atoms in total. The Labute approximate surface area is 409 Å². The van der Waals surface area contributed by atoms with E-state index >= 15 is 0 Å². The highest BCUT2D eigenvalue weighted by Crippen LogP contribution is 2.18. The van der Waals surface area contributed by atoms with Gasteiger partial charge in [-0.3, -0.25) is 53.2 Å². The molecule has 1 aromatic carbocycles. The van der Waals surface area contributed by atoms with E-state index in [1.807, 2.05) is 49.9 Å². The lowest BCUT2D eigenvalue weighted by Gasteiger charge is -2.37. The van der Waals surface area contributed by atoms with Gasteiger partial charge in [0.1, 0.15) is 46.5 Å². The van der Waals surface area contributed by atoms with Crippen molar-refractivity contribution in [2.24, 2.45) is 0 Å². The van der Waals surface area contributed by atoms with Crippen molar-refractivity contribution in [3.8, 4) is 0 Å². The lowest BCUT2D eigenvalue weighted by molar-refractivity contribution is -0.163. The molecule has 2 aromatic rings. The molecule has 1 saturated heterocycles. The molecule has 3 rings (SSSR count). The van der Waals surface area contributed by atoms with Gasteiger partial charge in [-0.05, 0) is 108 Å². The molecule has 1 aromatic heterocycles. The van der Waals surface area contributed by atoms with Crippen LogP contribution in [0.2, 0.25) is 0 Å². The molecule has 1 N–H and O–H groups in total. The second-order valence-electron chi connectivity index (χ2n) is 21.4. The van der Waals surface area contributed by atoms with E-state index in [9.17, 15) is 33.6 Å². The normalized spacial score (nSPS) is 16.0. The van der Waals surface area contributed by atoms with Gasteiger partial charge in [-0.2, -0.15) is 0 Å².